The topological polar surface area (TPSA) is 24.5 Å². The summed E-state index contributed by atoms with van der Waals surface area (Å²) in [6.07, 6.45) is 2.37. The second-order valence-electron chi connectivity index (χ2n) is 6.20. The van der Waals surface area contributed by atoms with Crippen LogP contribution in [0.5, 0.6) is 5.75 Å². The smallest absolute Gasteiger partial charge is 0.122 e. The molecule has 3 heteroatoms. The summed E-state index contributed by atoms with van der Waals surface area (Å²) in [5, 5.41) is 3.60. The summed E-state index contributed by atoms with van der Waals surface area (Å²) in [6.45, 7) is 8.91. The van der Waals surface area contributed by atoms with Crippen LogP contribution in [0, 0.1) is 0 Å². The third-order valence-electron chi connectivity index (χ3n) is 4.74. The number of nitrogens with one attached hydrogen (secondary N) is 1. The maximum absolute atomic E-state index is 5.79. The molecule has 0 amide bonds. The van der Waals surface area contributed by atoms with Crippen molar-refractivity contribution in [2.75, 3.05) is 26.2 Å². The number of fused-ring (bicyclic) bond motifs is 1. The van der Waals surface area contributed by atoms with E-state index in [-0.39, 0.29) is 0 Å². The first-order chi connectivity index (χ1) is 9.78. The summed E-state index contributed by atoms with van der Waals surface area (Å²) in [5.74, 6) is 1.72. The van der Waals surface area contributed by atoms with Crippen LogP contribution in [-0.4, -0.2) is 43.2 Å². The Bertz CT molecular complexity index is 448. The van der Waals surface area contributed by atoms with Crippen molar-refractivity contribution in [3.05, 3.63) is 29.8 Å². The van der Waals surface area contributed by atoms with E-state index in [0.29, 0.717) is 18.0 Å². The summed E-state index contributed by atoms with van der Waals surface area (Å²) < 4.78 is 5.79. The van der Waals surface area contributed by atoms with Gasteiger partial charge in [0.05, 0.1) is 6.61 Å². The van der Waals surface area contributed by atoms with Crippen LogP contribution in [0.2, 0.25) is 0 Å². The molecule has 0 saturated carbocycles. The van der Waals surface area contributed by atoms with Crippen LogP contribution in [0.1, 0.15) is 38.2 Å². The monoisotopic (exact) mass is 274 g/mol. The molecule has 1 fully saturated rings. The molecule has 0 aromatic heterocycles. The molecule has 3 unspecified atom stereocenters. The van der Waals surface area contributed by atoms with Crippen molar-refractivity contribution < 1.29 is 4.74 Å². The van der Waals surface area contributed by atoms with Crippen LogP contribution in [0.25, 0.3) is 0 Å². The standard InChI is InChI=1S/C17H26N2O/c1-3-15-10-18-13(2)11-19(15)12-14-8-9-20-17-7-5-4-6-16(14)17/h4-7,13-15,18H,3,8-12H2,1-2H3. The summed E-state index contributed by atoms with van der Waals surface area (Å²) in [7, 11) is 0. The highest BCUT2D eigenvalue weighted by atomic mass is 16.5. The largest absolute Gasteiger partial charge is 0.493 e. The quantitative estimate of drug-likeness (QED) is 0.917. The lowest BCUT2D eigenvalue weighted by Gasteiger charge is -2.41. The fourth-order valence-electron chi connectivity index (χ4n) is 3.55. The summed E-state index contributed by atoms with van der Waals surface area (Å²) >= 11 is 0. The summed E-state index contributed by atoms with van der Waals surface area (Å²) in [4.78, 5) is 2.69. The molecule has 1 saturated heterocycles. The number of rotatable bonds is 3. The van der Waals surface area contributed by atoms with Crippen molar-refractivity contribution in [2.24, 2.45) is 0 Å². The van der Waals surface area contributed by atoms with Crippen LogP contribution < -0.4 is 10.1 Å². The van der Waals surface area contributed by atoms with Crippen LogP contribution in [0.3, 0.4) is 0 Å². The van der Waals surface area contributed by atoms with E-state index in [2.05, 4.69) is 48.3 Å². The Labute approximate surface area is 122 Å². The van der Waals surface area contributed by atoms with E-state index in [1.54, 1.807) is 0 Å². The number of piperazine rings is 1. The van der Waals surface area contributed by atoms with E-state index < -0.39 is 0 Å². The molecule has 1 N–H and O–H groups in total. The van der Waals surface area contributed by atoms with Gasteiger partial charge in [0.25, 0.3) is 0 Å². The third kappa shape index (κ3) is 2.84. The molecule has 2 heterocycles. The number of benzene rings is 1. The Morgan fingerprint density at radius 3 is 3.05 bits per heavy atom. The molecule has 3 atom stereocenters. The van der Waals surface area contributed by atoms with Gasteiger partial charge in [-0.3, -0.25) is 4.90 Å². The number of nitrogens with zero attached hydrogens (tertiary/aromatic N) is 1. The molecule has 2 aliphatic rings. The van der Waals surface area contributed by atoms with Crippen molar-refractivity contribution >= 4 is 0 Å². The maximum Gasteiger partial charge on any atom is 0.122 e. The van der Waals surface area contributed by atoms with E-state index >= 15 is 0 Å². The van der Waals surface area contributed by atoms with Crippen molar-refractivity contribution in [3.8, 4) is 5.75 Å². The van der Waals surface area contributed by atoms with Gasteiger partial charge in [-0.05, 0) is 31.4 Å². The van der Waals surface area contributed by atoms with Gasteiger partial charge in [-0.25, -0.2) is 0 Å². The average Bonchev–Trinajstić information content (AvgIpc) is 2.48. The van der Waals surface area contributed by atoms with Gasteiger partial charge in [-0.2, -0.15) is 0 Å². The first kappa shape index (κ1) is 13.9. The third-order valence-corrected chi connectivity index (χ3v) is 4.74. The van der Waals surface area contributed by atoms with Gasteiger partial charge in [0.2, 0.25) is 0 Å². The van der Waals surface area contributed by atoms with Crippen molar-refractivity contribution in [1.29, 1.82) is 0 Å². The molecule has 0 bridgehead atoms. The molecule has 2 aliphatic heterocycles. The molecule has 20 heavy (non-hydrogen) atoms. The van der Waals surface area contributed by atoms with Crippen molar-refractivity contribution in [2.45, 2.75) is 44.7 Å². The maximum atomic E-state index is 5.79. The van der Waals surface area contributed by atoms with Gasteiger partial charge in [0.15, 0.2) is 0 Å². The zero-order valence-electron chi connectivity index (χ0n) is 12.6. The molecule has 3 rings (SSSR count). The second-order valence-corrected chi connectivity index (χ2v) is 6.20. The Morgan fingerprint density at radius 1 is 1.35 bits per heavy atom. The first-order valence-corrected chi connectivity index (χ1v) is 7.97. The van der Waals surface area contributed by atoms with Crippen LogP contribution in [-0.2, 0) is 0 Å². The highest BCUT2D eigenvalue weighted by molar-refractivity contribution is 5.38. The normalized spacial score (nSPS) is 30.6. The highest BCUT2D eigenvalue weighted by Gasteiger charge is 2.29. The van der Waals surface area contributed by atoms with Gasteiger partial charge in [-0.1, -0.05) is 25.1 Å². The molecule has 0 spiro atoms. The number of para-hydroxylation sites is 1. The van der Waals surface area contributed by atoms with E-state index in [4.69, 9.17) is 4.74 Å². The van der Waals surface area contributed by atoms with Gasteiger partial charge in [0.1, 0.15) is 5.75 Å². The van der Waals surface area contributed by atoms with Crippen molar-refractivity contribution in [3.63, 3.8) is 0 Å². The van der Waals surface area contributed by atoms with Crippen LogP contribution in [0.4, 0.5) is 0 Å². The lowest BCUT2D eigenvalue weighted by Crippen LogP contribution is -2.56. The lowest BCUT2D eigenvalue weighted by atomic mass is 9.91. The molecule has 3 nitrogen and oxygen atoms in total. The van der Waals surface area contributed by atoms with Gasteiger partial charge < -0.3 is 10.1 Å². The Hall–Kier alpha value is -1.06. The van der Waals surface area contributed by atoms with Gasteiger partial charge >= 0.3 is 0 Å². The Balaban J connectivity index is 1.74. The van der Waals surface area contributed by atoms with Gasteiger partial charge in [0, 0.05) is 37.6 Å². The minimum Gasteiger partial charge on any atom is -0.493 e. The molecule has 1 aromatic rings. The number of ether oxygens (including phenoxy) is 1. The molecule has 0 radical (unpaired) electrons. The fourth-order valence-corrected chi connectivity index (χ4v) is 3.55. The molecular formula is C17H26N2O. The summed E-state index contributed by atoms with van der Waals surface area (Å²) in [5.41, 5.74) is 1.40. The lowest BCUT2D eigenvalue weighted by molar-refractivity contribution is 0.114. The average molecular weight is 274 g/mol. The molecule has 0 aliphatic carbocycles. The van der Waals surface area contributed by atoms with E-state index in [9.17, 15) is 0 Å². The number of hydrogen-bond donors (Lipinski definition) is 1. The van der Waals surface area contributed by atoms with E-state index in [1.165, 1.54) is 18.5 Å². The van der Waals surface area contributed by atoms with Gasteiger partial charge in [-0.15, -0.1) is 0 Å². The minimum atomic E-state index is 0.605. The Kier molecular flexibility index (Phi) is 4.27. The molecule has 110 valence electrons. The SMILES string of the molecule is CCC1CNC(C)CN1CC1CCOc2ccccc21. The molecular weight excluding hydrogens is 248 g/mol. The zero-order valence-corrected chi connectivity index (χ0v) is 12.6. The molecule has 1 aromatic carbocycles. The predicted molar refractivity (Wildman–Crippen MR) is 82.4 cm³/mol. The minimum absolute atomic E-state index is 0.605. The Morgan fingerprint density at radius 2 is 2.20 bits per heavy atom. The zero-order chi connectivity index (χ0) is 13.9. The van der Waals surface area contributed by atoms with Crippen LogP contribution >= 0.6 is 0 Å². The second kappa shape index (κ2) is 6.15. The number of hydrogen-bond acceptors (Lipinski definition) is 3. The summed E-state index contributed by atoms with van der Waals surface area (Å²) in [6, 6.07) is 9.85. The van der Waals surface area contributed by atoms with Crippen molar-refractivity contribution in [1.82, 2.24) is 10.2 Å². The van der Waals surface area contributed by atoms with Crippen LogP contribution in [0.15, 0.2) is 24.3 Å². The highest BCUT2D eigenvalue weighted by Crippen LogP contribution is 2.34. The van der Waals surface area contributed by atoms with E-state index in [1.807, 2.05) is 0 Å². The predicted octanol–water partition coefficient (Wildman–Crippen LogP) is 2.63. The van der Waals surface area contributed by atoms with E-state index in [0.717, 1.165) is 31.9 Å². The fraction of sp³-hybridized carbons (Fsp3) is 0.647. The first-order valence-electron chi connectivity index (χ1n) is 7.97.